The number of amides is 1. The standard InChI is InChI=1S/C17H26N2O3/c1-3-16(22-15-6-4-14(2)5-7-15)17(20)18-8-9-19-10-12-21-13-11-19/h4-7,16H,3,8-13H2,1-2H3,(H,18,20)/p+1/t16-/m1/s1. The maximum Gasteiger partial charge on any atom is 0.261 e. The van der Waals surface area contributed by atoms with E-state index in [1.54, 1.807) is 0 Å². The first-order chi connectivity index (χ1) is 10.7. The number of morpholine rings is 1. The minimum atomic E-state index is -0.428. The summed E-state index contributed by atoms with van der Waals surface area (Å²) in [5.74, 6) is 0.710. The summed E-state index contributed by atoms with van der Waals surface area (Å²) in [6.45, 7) is 9.29. The minimum absolute atomic E-state index is 0.0317. The van der Waals surface area contributed by atoms with Crippen molar-refractivity contribution in [3.63, 3.8) is 0 Å². The molecule has 1 saturated heterocycles. The van der Waals surface area contributed by atoms with E-state index in [-0.39, 0.29) is 5.91 Å². The molecule has 1 aliphatic heterocycles. The summed E-state index contributed by atoms with van der Waals surface area (Å²) in [5, 5.41) is 2.99. The molecule has 0 aromatic heterocycles. The topological polar surface area (TPSA) is 52.0 Å². The lowest BCUT2D eigenvalue weighted by atomic mass is 10.2. The third kappa shape index (κ3) is 5.31. The molecule has 2 N–H and O–H groups in total. The highest BCUT2D eigenvalue weighted by Crippen LogP contribution is 2.14. The Labute approximate surface area is 132 Å². The summed E-state index contributed by atoms with van der Waals surface area (Å²) in [6, 6.07) is 7.79. The predicted octanol–water partition coefficient (Wildman–Crippen LogP) is 0.184. The first-order valence-corrected chi connectivity index (χ1v) is 8.11. The molecule has 1 aromatic rings. The number of rotatable bonds is 7. The van der Waals surface area contributed by atoms with Crippen LogP contribution in [0.5, 0.6) is 5.75 Å². The molecule has 1 heterocycles. The maximum absolute atomic E-state index is 12.2. The Kier molecular flexibility index (Phi) is 6.68. The fourth-order valence-corrected chi connectivity index (χ4v) is 2.49. The summed E-state index contributed by atoms with van der Waals surface area (Å²) in [4.78, 5) is 13.7. The summed E-state index contributed by atoms with van der Waals surface area (Å²) in [7, 11) is 0. The number of ether oxygens (including phenoxy) is 2. The SMILES string of the molecule is CC[C@@H](Oc1ccc(C)cc1)C(=O)NCC[NH+]1CCOCC1. The van der Waals surface area contributed by atoms with E-state index in [0.717, 1.165) is 38.6 Å². The molecule has 1 aliphatic rings. The van der Waals surface area contributed by atoms with E-state index in [1.807, 2.05) is 38.1 Å². The number of aryl methyl sites for hydroxylation is 1. The number of hydrogen-bond acceptors (Lipinski definition) is 3. The highest BCUT2D eigenvalue weighted by atomic mass is 16.5. The van der Waals surface area contributed by atoms with Crippen molar-refractivity contribution in [3.05, 3.63) is 29.8 Å². The molecule has 5 nitrogen and oxygen atoms in total. The van der Waals surface area contributed by atoms with E-state index in [2.05, 4.69) is 5.32 Å². The van der Waals surface area contributed by atoms with Gasteiger partial charge in [-0.2, -0.15) is 0 Å². The lowest BCUT2D eigenvalue weighted by Crippen LogP contribution is -3.14. The number of carbonyl (C=O) groups is 1. The fourth-order valence-electron chi connectivity index (χ4n) is 2.49. The van der Waals surface area contributed by atoms with Crippen molar-refractivity contribution < 1.29 is 19.2 Å². The Morgan fingerprint density at radius 2 is 2.00 bits per heavy atom. The lowest BCUT2D eigenvalue weighted by molar-refractivity contribution is -0.906. The molecule has 22 heavy (non-hydrogen) atoms. The zero-order valence-electron chi connectivity index (χ0n) is 13.6. The van der Waals surface area contributed by atoms with Gasteiger partial charge in [0.05, 0.1) is 26.3 Å². The zero-order valence-corrected chi connectivity index (χ0v) is 13.6. The van der Waals surface area contributed by atoms with Gasteiger partial charge in [-0.15, -0.1) is 0 Å². The van der Waals surface area contributed by atoms with Crippen molar-refractivity contribution in [3.8, 4) is 5.75 Å². The molecule has 0 bridgehead atoms. The van der Waals surface area contributed by atoms with E-state index in [0.29, 0.717) is 13.0 Å². The lowest BCUT2D eigenvalue weighted by Gasteiger charge is -2.24. The van der Waals surface area contributed by atoms with Gasteiger partial charge in [0.15, 0.2) is 6.10 Å². The van der Waals surface area contributed by atoms with Gasteiger partial charge in [0, 0.05) is 0 Å². The number of nitrogens with one attached hydrogen (secondary N) is 2. The quantitative estimate of drug-likeness (QED) is 0.756. The van der Waals surface area contributed by atoms with Gasteiger partial charge in [0.25, 0.3) is 5.91 Å². The van der Waals surface area contributed by atoms with Crippen LogP contribution in [0.2, 0.25) is 0 Å². The molecular formula is C17H27N2O3+. The molecule has 1 atom stereocenters. The monoisotopic (exact) mass is 307 g/mol. The molecule has 0 radical (unpaired) electrons. The normalized spacial score (nSPS) is 17.0. The average molecular weight is 307 g/mol. The smallest absolute Gasteiger partial charge is 0.261 e. The molecule has 5 heteroatoms. The van der Waals surface area contributed by atoms with Crippen LogP contribution >= 0.6 is 0 Å². The first-order valence-electron chi connectivity index (χ1n) is 8.11. The van der Waals surface area contributed by atoms with Crippen molar-refractivity contribution in [1.29, 1.82) is 0 Å². The Morgan fingerprint density at radius 1 is 1.32 bits per heavy atom. The Bertz CT molecular complexity index is 455. The van der Waals surface area contributed by atoms with Crippen molar-refractivity contribution >= 4 is 5.91 Å². The van der Waals surface area contributed by atoms with E-state index in [4.69, 9.17) is 9.47 Å². The number of benzene rings is 1. The summed E-state index contributed by atoms with van der Waals surface area (Å²) in [6.07, 6.45) is 0.229. The number of hydrogen-bond donors (Lipinski definition) is 2. The van der Waals surface area contributed by atoms with Gasteiger partial charge < -0.3 is 19.7 Å². The largest absolute Gasteiger partial charge is 0.481 e. The highest BCUT2D eigenvalue weighted by molar-refractivity contribution is 5.81. The van der Waals surface area contributed by atoms with Crippen LogP contribution in [-0.4, -0.2) is 51.4 Å². The van der Waals surface area contributed by atoms with E-state index < -0.39 is 6.10 Å². The second-order valence-corrected chi connectivity index (χ2v) is 5.73. The Morgan fingerprint density at radius 3 is 2.64 bits per heavy atom. The van der Waals surface area contributed by atoms with Gasteiger partial charge in [0.1, 0.15) is 18.8 Å². The molecule has 0 aliphatic carbocycles. The van der Waals surface area contributed by atoms with Gasteiger partial charge in [-0.05, 0) is 25.5 Å². The second kappa shape index (κ2) is 8.76. The maximum atomic E-state index is 12.2. The molecule has 122 valence electrons. The summed E-state index contributed by atoms with van der Waals surface area (Å²) >= 11 is 0. The van der Waals surface area contributed by atoms with Gasteiger partial charge in [0.2, 0.25) is 0 Å². The summed E-state index contributed by atoms with van der Waals surface area (Å²) in [5.41, 5.74) is 1.18. The predicted molar refractivity (Wildman–Crippen MR) is 85.3 cm³/mol. The van der Waals surface area contributed by atoms with E-state index in [9.17, 15) is 4.79 Å². The van der Waals surface area contributed by atoms with Gasteiger partial charge in [-0.1, -0.05) is 24.6 Å². The number of quaternary nitrogens is 1. The highest BCUT2D eigenvalue weighted by Gasteiger charge is 2.19. The Hall–Kier alpha value is -1.59. The molecule has 1 fully saturated rings. The van der Waals surface area contributed by atoms with Gasteiger partial charge in [-0.25, -0.2) is 0 Å². The Balaban J connectivity index is 1.74. The zero-order chi connectivity index (χ0) is 15.8. The fraction of sp³-hybridized carbons (Fsp3) is 0.588. The molecule has 1 amide bonds. The molecule has 2 rings (SSSR count). The van der Waals surface area contributed by atoms with E-state index in [1.165, 1.54) is 10.5 Å². The molecule has 0 spiro atoms. The number of carbonyl (C=O) groups excluding carboxylic acids is 1. The van der Waals surface area contributed by atoms with Crippen LogP contribution in [0, 0.1) is 6.92 Å². The van der Waals surface area contributed by atoms with Crippen LogP contribution in [0.3, 0.4) is 0 Å². The van der Waals surface area contributed by atoms with Crippen molar-refractivity contribution in [2.75, 3.05) is 39.4 Å². The third-order valence-electron chi connectivity index (χ3n) is 3.94. The van der Waals surface area contributed by atoms with Crippen LogP contribution in [0.15, 0.2) is 24.3 Å². The first kappa shape index (κ1) is 16.8. The minimum Gasteiger partial charge on any atom is -0.481 e. The van der Waals surface area contributed by atoms with Crippen LogP contribution in [-0.2, 0) is 9.53 Å². The van der Waals surface area contributed by atoms with Gasteiger partial charge >= 0.3 is 0 Å². The summed E-state index contributed by atoms with van der Waals surface area (Å²) < 4.78 is 11.1. The molecular weight excluding hydrogens is 280 g/mol. The van der Waals surface area contributed by atoms with Crippen molar-refractivity contribution in [1.82, 2.24) is 5.32 Å². The van der Waals surface area contributed by atoms with Crippen LogP contribution in [0.25, 0.3) is 0 Å². The van der Waals surface area contributed by atoms with Crippen LogP contribution in [0.1, 0.15) is 18.9 Å². The van der Waals surface area contributed by atoms with Crippen LogP contribution in [0.4, 0.5) is 0 Å². The van der Waals surface area contributed by atoms with Crippen molar-refractivity contribution in [2.24, 2.45) is 0 Å². The molecule has 0 saturated carbocycles. The van der Waals surface area contributed by atoms with E-state index >= 15 is 0 Å². The molecule has 0 unspecified atom stereocenters. The average Bonchev–Trinajstić information content (AvgIpc) is 2.55. The second-order valence-electron chi connectivity index (χ2n) is 5.73. The molecule has 1 aromatic carbocycles. The van der Waals surface area contributed by atoms with Gasteiger partial charge in [-0.3, -0.25) is 4.79 Å². The third-order valence-corrected chi connectivity index (χ3v) is 3.94. The van der Waals surface area contributed by atoms with Crippen LogP contribution < -0.4 is 15.0 Å². The van der Waals surface area contributed by atoms with Crippen molar-refractivity contribution in [2.45, 2.75) is 26.4 Å².